The number of hydrogen-bond donors (Lipinski definition) is 3. The molecule has 0 unspecified atom stereocenters. The highest BCUT2D eigenvalue weighted by Crippen LogP contribution is 2.35. The van der Waals surface area contributed by atoms with Gasteiger partial charge in [0.25, 0.3) is 0 Å². The maximum atomic E-state index is 12.4. The Morgan fingerprint density at radius 1 is 1.03 bits per heavy atom. The summed E-state index contributed by atoms with van der Waals surface area (Å²) in [7, 11) is 0. The Labute approximate surface area is 239 Å². The van der Waals surface area contributed by atoms with E-state index < -0.39 is 5.91 Å². The quantitative estimate of drug-likeness (QED) is 0.111. The minimum absolute atomic E-state index is 0.00347. The van der Waals surface area contributed by atoms with Gasteiger partial charge < -0.3 is 19.3 Å². The van der Waals surface area contributed by atoms with Crippen molar-refractivity contribution in [3.63, 3.8) is 0 Å². The molecule has 0 aliphatic rings. The highest BCUT2D eigenvalue weighted by molar-refractivity contribution is 7.80. The molecule has 3 aromatic carbocycles. The summed E-state index contributed by atoms with van der Waals surface area (Å²) in [5, 5.41) is 16.8. The molecule has 0 saturated heterocycles. The lowest BCUT2D eigenvalue weighted by Gasteiger charge is -2.10. The number of oxazole rings is 1. The lowest BCUT2D eigenvalue weighted by molar-refractivity contribution is -0.115. The summed E-state index contributed by atoms with van der Waals surface area (Å²) in [5.74, 6) is 0.773. The molecule has 0 radical (unpaired) electrons. The van der Waals surface area contributed by atoms with E-state index in [1.165, 1.54) is 18.2 Å². The number of anilines is 1. The topological polar surface area (TPSA) is 101 Å². The number of rotatable bonds is 5. The number of aromatic nitrogens is 1. The van der Waals surface area contributed by atoms with Crippen molar-refractivity contribution in [3.05, 3.63) is 93.7 Å². The number of nitrogens with one attached hydrogen (secondary N) is 2. The van der Waals surface area contributed by atoms with E-state index in [-0.39, 0.29) is 16.8 Å². The van der Waals surface area contributed by atoms with Crippen LogP contribution in [0.3, 0.4) is 0 Å². The number of aryl methyl sites for hydroxylation is 2. The van der Waals surface area contributed by atoms with Crippen LogP contribution in [0.2, 0.25) is 10.0 Å². The predicted octanol–water partition coefficient (Wildman–Crippen LogP) is 7.91. The second-order valence-electron chi connectivity index (χ2n) is 8.76. The van der Waals surface area contributed by atoms with E-state index in [4.69, 9.17) is 44.3 Å². The van der Waals surface area contributed by atoms with Crippen LogP contribution in [-0.2, 0) is 4.79 Å². The maximum absolute atomic E-state index is 12.4. The first-order valence-electron chi connectivity index (χ1n) is 11.7. The molecule has 0 fully saturated rings. The lowest BCUT2D eigenvalue weighted by Crippen LogP contribution is -2.32. The number of carbonyl (C=O) groups is 1. The van der Waals surface area contributed by atoms with Crippen molar-refractivity contribution in [3.8, 4) is 28.5 Å². The van der Waals surface area contributed by atoms with Crippen molar-refractivity contribution in [1.29, 1.82) is 0 Å². The molecular formula is C29H21Cl2N3O4S. The zero-order chi connectivity index (χ0) is 27.7. The molecule has 5 rings (SSSR count). The number of phenolic OH excluding ortho intramolecular Hbond substituents is 1. The van der Waals surface area contributed by atoms with Gasteiger partial charge in [0, 0.05) is 17.3 Å². The summed E-state index contributed by atoms with van der Waals surface area (Å²) in [4.78, 5) is 17.0. The van der Waals surface area contributed by atoms with Gasteiger partial charge >= 0.3 is 0 Å². The van der Waals surface area contributed by atoms with Crippen LogP contribution in [0.1, 0.15) is 16.9 Å². The van der Waals surface area contributed by atoms with E-state index in [0.717, 1.165) is 11.1 Å². The van der Waals surface area contributed by atoms with Gasteiger partial charge in [-0.3, -0.25) is 10.1 Å². The first-order valence-corrected chi connectivity index (χ1v) is 12.9. The van der Waals surface area contributed by atoms with E-state index in [1.54, 1.807) is 42.5 Å². The number of thiocarbonyl (C=S) groups is 1. The van der Waals surface area contributed by atoms with Crippen molar-refractivity contribution in [2.45, 2.75) is 13.8 Å². The number of phenols is 1. The summed E-state index contributed by atoms with van der Waals surface area (Å²) >= 11 is 17.6. The van der Waals surface area contributed by atoms with E-state index in [2.05, 4.69) is 15.6 Å². The zero-order valence-corrected chi connectivity index (χ0v) is 23.0. The average Bonchev–Trinajstić information content (AvgIpc) is 3.53. The summed E-state index contributed by atoms with van der Waals surface area (Å²) in [5.41, 5.74) is 4.93. The zero-order valence-electron chi connectivity index (χ0n) is 20.7. The molecule has 0 spiro atoms. The molecule has 3 N–H and O–H groups in total. The Morgan fingerprint density at radius 2 is 1.85 bits per heavy atom. The van der Waals surface area contributed by atoms with Gasteiger partial charge in [-0.1, -0.05) is 35.3 Å². The van der Waals surface area contributed by atoms with Crippen LogP contribution in [0.5, 0.6) is 5.75 Å². The van der Waals surface area contributed by atoms with Crippen molar-refractivity contribution >= 4 is 69.3 Å². The fraction of sp³-hybridized carbons (Fsp3) is 0.0690. The van der Waals surface area contributed by atoms with Gasteiger partial charge in [-0.25, -0.2) is 4.98 Å². The molecule has 2 heterocycles. The minimum atomic E-state index is -0.463. The van der Waals surface area contributed by atoms with Gasteiger partial charge in [0.05, 0.1) is 15.6 Å². The average molecular weight is 578 g/mol. The van der Waals surface area contributed by atoms with Gasteiger partial charge in [-0.15, -0.1) is 0 Å². The SMILES string of the molecule is Cc1cc(C)c2oc(-c3cc(NC(=S)NC(=O)C=Cc4ccc(-c5cccc(Cl)c5Cl)o4)ccc3O)nc2c1. The first-order chi connectivity index (χ1) is 18.7. The van der Waals surface area contributed by atoms with Crippen LogP contribution in [0.4, 0.5) is 5.69 Å². The van der Waals surface area contributed by atoms with Gasteiger partial charge in [0.2, 0.25) is 11.8 Å². The van der Waals surface area contributed by atoms with Crippen LogP contribution in [0.15, 0.2) is 75.6 Å². The molecule has 1 amide bonds. The number of amides is 1. The molecule has 0 bridgehead atoms. The van der Waals surface area contributed by atoms with E-state index in [0.29, 0.717) is 49.5 Å². The van der Waals surface area contributed by atoms with E-state index in [9.17, 15) is 9.90 Å². The van der Waals surface area contributed by atoms with Crippen molar-refractivity contribution in [1.82, 2.24) is 10.3 Å². The normalized spacial score (nSPS) is 11.3. The molecule has 0 aliphatic carbocycles. The molecule has 0 saturated carbocycles. The van der Waals surface area contributed by atoms with Crippen LogP contribution in [0.25, 0.3) is 40.0 Å². The number of carbonyl (C=O) groups excluding carboxylic acids is 1. The van der Waals surface area contributed by atoms with Crippen LogP contribution in [0, 0.1) is 13.8 Å². The number of fused-ring (bicyclic) bond motifs is 1. The van der Waals surface area contributed by atoms with E-state index in [1.807, 2.05) is 26.0 Å². The van der Waals surface area contributed by atoms with Crippen LogP contribution in [-0.4, -0.2) is 21.1 Å². The number of aromatic hydroxyl groups is 1. The number of benzene rings is 3. The summed E-state index contributed by atoms with van der Waals surface area (Å²) < 4.78 is 11.7. The third kappa shape index (κ3) is 5.83. The predicted molar refractivity (Wildman–Crippen MR) is 158 cm³/mol. The van der Waals surface area contributed by atoms with Crippen molar-refractivity contribution < 1.29 is 18.7 Å². The number of furan rings is 1. The minimum Gasteiger partial charge on any atom is -0.507 e. The molecule has 2 aromatic heterocycles. The van der Waals surface area contributed by atoms with Crippen LogP contribution < -0.4 is 10.6 Å². The third-order valence-corrected chi connectivity index (χ3v) is 6.81. The fourth-order valence-corrected chi connectivity index (χ4v) is 4.64. The Bertz CT molecular complexity index is 1770. The number of halogens is 2. The Morgan fingerprint density at radius 3 is 2.67 bits per heavy atom. The fourth-order valence-electron chi connectivity index (χ4n) is 4.03. The van der Waals surface area contributed by atoms with Crippen LogP contribution >= 0.6 is 35.4 Å². The van der Waals surface area contributed by atoms with Crippen molar-refractivity contribution in [2.24, 2.45) is 0 Å². The lowest BCUT2D eigenvalue weighted by atomic mass is 10.1. The Hall–Kier alpha value is -4.11. The van der Waals surface area contributed by atoms with Gasteiger partial charge in [0.15, 0.2) is 10.7 Å². The molecule has 0 atom stereocenters. The smallest absolute Gasteiger partial charge is 0.250 e. The highest BCUT2D eigenvalue weighted by Gasteiger charge is 2.16. The summed E-state index contributed by atoms with van der Waals surface area (Å²) in [6.45, 7) is 3.92. The summed E-state index contributed by atoms with van der Waals surface area (Å²) in [6, 6.07) is 17.4. The summed E-state index contributed by atoms with van der Waals surface area (Å²) in [6.07, 6.45) is 2.80. The van der Waals surface area contributed by atoms with Crippen molar-refractivity contribution in [2.75, 3.05) is 5.32 Å². The highest BCUT2D eigenvalue weighted by atomic mass is 35.5. The number of nitrogens with zero attached hydrogens (tertiary/aromatic N) is 1. The number of hydrogen-bond acceptors (Lipinski definition) is 6. The molecule has 5 aromatic rings. The van der Waals surface area contributed by atoms with Gasteiger partial charge in [-0.2, -0.15) is 0 Å². The Kier molecular flexibility index (Phi) is 7.43. The second kappa shape index (κ2) is 10.9. The molecule has 7 nitrogen and oxygen atoms in total. The molecular weight excluding hydrogens is 557 g/mol. The van der Waals surface area contributed by atoms with Gasteiger partial charge in [0.1, 0.15) is 22.8 Å². The monoisotopic (exact) mass is 577 g/mol. The molecule has 39 heavy (non-hydrogen) atoms. The second-order valence-corrected chi connectivity index (χ2v) is 9.95. The van der Waals surface area contributed by atoms with E-state index >= 15 is 0 Å². The maximum Gasteiger partial charge on any atom is 0.250 e. The largest absolute Gasteiger partial charge is 0.507 e. The first kappa shape index (κ1) is 26.5. The molecule has 196 valence electrons. The molecule has 0 aliphatic heterocycles. The Balaban J connectivity index is 1.25. The third-order valence-electron chi connectivity index (χ3n) is 5.78. The van der Waals surface area contributed by atoms with Gasteiger partial charge in [-0.05, 0) is 91.8 Å². The standard InChI is InChI=1S/C29H21Cl2N3O4S/c1-15-12-16(2)27-22(13-15)33-28(38-27)20-14-17(6-9-23(20)35)32-29(39)34-25(36)11-8-18-7-10-24(37-18)19-4-3-5-21(30)26(19)31/h3-14,35H,1-2H3,(H2,32,34,36,39). The molecule has 10 heteroatoms.